The normalized spacial score (nSPS) is 30.2. The minimum absolute atomic E-state index is 0.208. The van der Waals surface area contributed by atoms with Crippen LogP contribution in [-0.2, 0) is 6.42 Å². The highest BCUT2D eigenvalue weighted by molar-refractivity contribution is 5.19. The predicted molar refractivity (Wildman–Crippen MR) is 95.6 cm³/mol. The summed E-state index contributed by atoms with van der Waals surface area (Å²) < 4.78 is 13.5. The number of benzene rings is 1. The van der Waals surface area contributed by atoms with Gasteiger partial charge >= 0.3 is 0 Å². The molecular weight excluding hydrogens is 303 g/mol. The second kappa shape index (κ2) is 7.94. The lowest BCUT2D eigenvalue weighted by Crippen LogP contribution is -2.50. The molecule has 4 heteroatoms. The van der Waals surface area contributed by atoms with Crippen LogP contribution in [0.3, 0.4) is 0 Å². The number of halogens is 1. The number of hydrogen-bond donors (Lipinski definition) is 1. The van der Waals surface area contributed by atoms with Crippen molar-refractivity contribution in [1.29, 1.82) is 0 Å². The van der Waals surface area contributed by atoms with Gasteiger partial charge < -0.3 is 14.9 Å². The zero-order chi connectivity index (χ0) is 17.0. The number of hydrogen-bond acceptors (Lipinski definition) is 3. The van der Waals surface area contributed by atoms with Crippen LogP contribution in [0.5, 0.6) is 0 Å². The second-order valence-corrected chi connectivity index (χ2v) is 7.81. The van der Waals surface area contributed by atoms with Crippen LogP contribution >= 0.6 is 0 Å². The molecule has 2 fully saturated rings. The summed E-state index contributed by atoms with van der Waals surface area (Å²) >= 11 is 0. The zero-order valence-corrected chi connectivity index (χ0v) is 14.9. The highest BCUT2D eigenvalue weighted by Crippen LogP contribution is 2.36. The molecule has 0 amide bonds. The Kier molecular flexibility index (Phi) is 5.90. The third-order valence-corrected chi connectivity index (χ3v) is 5.90. The van der Waals surface area contributed by atoms with Crippen molar-refractivity contribution in [2.45, 2.75) is 44.1 Å². The van der Waals surface area contributed by atoms with Crippen molar-refractivity contribution in [1.82, 2.24) is 9.80 Å². The molecule has 1 aliphatic heterocycles. The molecular formula is C20H31FN2O. The van der Waals surface area contributed by atoms with Crippen molar-refractivity contribution < 1.29 is 9.50 Å². The van der Waals surface area contributed by atoms with Crippen LogP contribution < -0.4 is 0 Å². The van der Waals surface area contributed by atoms with Crippen molar-refractivity contribution in [2.24, 2.45) is 5.92 Å². The van der Waals surface area contributed by atoms with Gasteiger partial charge in [-0.2, -0.15) is 0 Å². The fraction of sp³-hybridized carbons (Fsp3) is 0.700. The maximum atomic E-state index is 13.5. The highest BCUT2D eigenvalue weighted by atomic mass is 19.1. The maximum absolute atomic E-state index is 13.5. The van der Waals surface area contributed by atoms with Gasteiger partial charge in [0.2, 0.25) is 0 Å². The summed E-state index contributed by atoms with van der Waals surface area (Å²) in [4.78, 5) is 4.87. The molecule has 0 bridgehead atoms. The standard InChI is InChI=1S/C20H31FN2O/c1-22-10-12-23(13-11-22)16-18-7-3-2-4-9-20(18,24)15-17-6-5-8-19(21)14-17/h5-6,8,14,18,24H,2-4,7,9-13,15-16H2,1H3. The van der Waals surface area contributed by atoms with Gasteiger partial charge in [0.05, 0.1) is 5.60 Å². The van der Waals surface area contributed by atoms with E-state index in [1.165, 1.54) is 18.9 Å². The van der Waals surface area contributed by atoms with Crippen molar-refractivity contribution in [2.75, 3.05) is 39.8 Å². The lowest BCUT2D eigenvalue weighted by Gasteiger charge is -2.40. The Morgan fingerprint density at radius 3 is 2.71 bits per heavy atom. The van der Waals surface area contributed by atoms with Crippen LogP contribution in [0, 0.1) is 11.7 Å². The number of piperazine rings is 1. The van der Waals surface area contributed by atoms with E-state index in [0.717, 1.165) is 57.5 Å². The molecule has 0 radical (unpaired) electrons. The Labute approximate surface area is 145 Å². The molecule has 1 aromatic rings. The summed E-state index contributed by atoms with van der Waals surface area (Å²) in [5.74, 6) is 0.0759. The quantitative estimate of drug-likeness (QED) is 0.858. The number of likely N-dealkylation sites (N-methyl/N-ethyl adjacent to an activating group) is 1. The third kappa shape index (κ3) is 4.56. The van der Waals surface area contributed by atoms with Gasteiger partial charge in [-0.25, -0.2) is 4.39 Å². The first kappa shape index (κ1) is 17.8. The molecule has 1 saturated carbocycles. The first-order chi connectivity index (χ1) is 11.5. The lowest BCUT2D eigenvalue weighted by atomic mass is 9.78. The molecule has 2 aliphatic rings. The maximum Gasteiger partial charge on any atom is 0.123 e. The highest BCUT2D eigenvalue weighted by Gasteiger charge is 2.38. The topological polar surface area (TPSA) is 26.7 Å². The van der Waals surface area contributed by atoms with Crippen LogP contribution in [-0.4, -0.2) is 60.3 Å². The van der Waals surface area contributed by atoms with Gasteiger partial charge in [-0.1, -0.05) is 31.4 Å². The van der Waals surface area contributed by atoms with E-state index in [2.05, 4.69) is 16.8 Å². The molecule has 0 spiro atoms. The predicted octanol–water partition coefficient (Wildman–Crippen LogP) is 2.93. The van der Waals surface area contributed by atoms with Crippen LogP contribution in [0.15, 0.2) is 24.3 Å². The minimum atomic E-state index is -0.701. The average molecular weight is 334 g/mol. The molecule has 1 heterocycles. The Bertz CT molecular complexity index is 530. The number of nitrogens with zero attached hydrogens (tertiary/aromatic N) is 2. The minimum Gasteiger partial charge on any atom is -0.389 e. The smallest absolute Gasteiger partial charge is 0.123 e. The van der Waals surface area contributed by atoms with E-state index < -0.39 is 5.60 Å². The van der Waals surface area contributed by atoms with Crippen LogP contribution in [0.4, 0.5) is 4.39 Å². The van der Waals surface area contributed by atoms with Gasteiger partial charge in [-0.15, -0.1) is 0 Å². The molecule has 2 atom stereocenters. The average Bonchev–Trinajstić information content (AvgIpc) is 2.72. The molecule has 1 saturated heterocycles. The van der Waals surface area contributed by atoms with E-state index >= 15 is 0 Å². The fourth-order valence-electron chi connectivity index (χ4n) is 4.31. The summed E-state index contributed by atoms with van der Waals surface area (Å²) in [6.07, 6.45) is 5.96. The summed E-state index contributed by atoms with van der Waals surface area (Å²) in [6, 6.07) is 6.75. The summed E-state index contributed by atoms with van der Waals surface area (Å²) in [6.45, 7) is 5.36. The van der Waals surface area contributed by atoms with E-state index in [0.29, 0.717) is 6.42 Å². The molecule has 0 aromatic heterocycles. The third-order valence-electron chi connectivity index (χ3n) is 5.90. The molecule has 3 nitrogen and oxygen atoms in total. The largest absolute Gasteiger partial charge is 0.389 e. The van der Waals surface area contributed by atoms with Crippen molar-refractivity contribution in [3.63, 3.8) is 0 Å². The summed E-state index contributed by atoms with van der Waals surface area (Å²) in [5.41, 5.74) is 0.218. The molecule has 1 aliphatic carbocycles. The molecule has 1 N–H and O–H groups in total. The van der Waals surface area contributed by atoms with Crippen molar-refractivity contribution >= 4 is 0 Å². The molecule has 134 valence electrons. The molecule has 24 heavy (non-hydrogen) atoms. The van der Waals surface area contributed by atoms with E-state index in [-0.39, 0.29) is 11.7 Å². The van der Waals surface area contributed by atoms with Gasteiger partial charge in [0.15, 0.2) is 0 Å². The second-order valence-electron chi connectivity index (χ2n) is 7.81. The lowest BCUT2D eigenvalue weighted by molar-refractivity contribution is -0.0406. The Morgan fingerprint density at radius 1 is 1.17 bits per heavy atom. The van der Waals surface area contributed by atoms with E-state index in [9.17, 15) is 9.50 Å². The van der Waals surface area contributed by atoms with Gasteiger partial charge in [0.25, 0.3) is 0 Å². The fourth-order valence-corrected chi connectivity index (χ4v) is 4.31. The van der Waals surface area contributed by atoms with E-state index in [1.54, 1.807) is 12.1 Å². The van der Waals surface area contributed by atoms with Crippen LogP contribution in [0.1, 0.15) is 37.7 Å². The van der Waals surface area contributed by atoms with Crippen molar-refractivity contribution in [3.05, 3.63) is 35.6 Å². The Hall–Kier alpha value is -0.970. The number of rotatable bonds is 4. The van der Waals surface area contributed by atoms with Crippen LogP contribution in [0.25, 0.3) is 0 Å². The van der Waals surface area contributed by atoms with E-state index in [1.807, 2.05) is 6.07 Å². The summed E-state index contributed by atoms with van der Waals surface area (Å²) in [5, 5.41) is 11.5. The van der Waals surface area contributed by atoms with E-state index in [4.69, 9.17) is 0 Å². The number of aliphatic hydroxyl groups is 1. The zero-order valence-electron chi connectivity index (χ0n) is 14.9. The summed E-state index contributed by atoms with van der Waals surface area (Å²) in [7, 11) is 2.17. The van der Waals surface area contributed by atoms with Gasteiger partial charge in [-0.05, 0) is 37.6 Å². The monoisotopic (exact) mass is 334 g/mol. The molecule has 1 aromatic carbocycles. The van der Waals surface area contributed by atoms with Crippen molar-refractivity contribution in [3.8, 4) is 0 Å². The first-order valence-electron chi connectivity index (χ1n) is 9.43. The molecule has 2 unspecified atom stereocenters. The Morgan fingerprint density at radius 2 is 1.96 bits per heavy atom. The SMILES string of the molecule is CN1CCN(CC2CCCCCC2(O)Cc2cccc(F)c2)CC1. The van der Waals surface area contributed by atoms with Gasteiger partial charge in [0.1, 0.15) is 5.82 Å². The first-order valence-corrected chi connectivity index (χ1v) is 9.43. The molecule has 3 rings (SSSR count). The van der Waals surface area contributed by atoms with Gasteiger partial charge in [0, 0.05) is 45.1 Å². The Balaban J connectivity index is 1.71. The van der Waals surface area contributed by atoms with Crippen LogP contribution in [0.2, 0.25) is 0 Å². The van der Waals surface area contributed by atoms with Gasteiger partial charge in [-0.3, -0.25) is 0 Å².